The van der Waals surface area contributed by atoms with Crippen molar-refractivity contribution in [3.8, 4) is 11.5 Å². The van der Waals surface area contributed by atoms with Gasteiger partial charge in [0.2, 0.25) is 0 Å². The highest BCUT2D eigenvalue weighted by Crippen LogP contribution is 2.26. The molecule has 0 atom stereocenters. The zero-order valence-electron chi connectivity index (χ0n) is 14.1. The molecule has 5 nitrogen and oxygen atoms in total. The van der Waals surface area contributed by atoms with Gasteiger partial charge in [-0.25, -0.2) is 0 Å². The van der Waals surface area contributed by atoms with E-state index in [0.717, 1.165) is 28.0 Å². The van der Waals surface area contributed by atoms with Gasteiger partial charge >= 0.3 is 0 Å². The van der Waals surface area contributed by atoms with Crippen molar-refractivity contribution < 1.29 is 0 Å². The second kappa shape index (κ2) is 7.93. The van der Waals surface area contributed by atoms with E-state index in [9.17, 15) is 0 Å². The molecule has 6 heteroatoms. The predicted octanol–water partition coefficient (Wildman–Crippen LogP) is 4.08. The zero-order valence-corrected chi connectivity index (χ0v) is 14.9. The maximum absolute atomic E-state index is 4.43. The lowest BCUT2D eigenvalue weighted by Gasteiger charge is -2.10. The maximum atomic E-state index is 4.43. The number of rotatable bonds is 6. The minimum atomic E-state index is 0.657. The molecule has 0 saturated heterocycles. The number of pyridine rings is 2. The summed E-state index contributed by atoms with van der Waals surface area (Å²) < 4.78 is 2.10. The van der Waals surface area contributed by atoms with Crippen LogP contribution in [-0.4, -0.2) is 24.7 Å². The van der Waals surface area contributed by atoms with Gasteiger partial charge in [0.1, 0.15) is 5.69 Å². The van der Waals surface area contributed by atoms with Gasteiger partial charge < -0.3 is 0 Å². The lowest BCUT2D eigenvalue weighted by Crippen LogP contribution is -2.05. The maximum Gasteiger partial charge on any atom is 0.192 e. The molecule has 0 aliphatic heterocycles. The molecule has 0 fully saturated rings. The molecule has 0 saturated carbocycles. The summed E-state index contributed by atoms with van der Waals surface area (Å²) in [6, 6.07) is 20.2. The summed E-state index contributed by atoms with van der Waals surface area (Å²) in [5.41, 5.74) is 3.18. The van der Waals surface area contributed by atoms with Crippen LogP contribution in [0.4, 0.5) is 0 Å². The molecule has 4 aromatic rings. The molecule has 0 aliphatic carbocycles. The lowest BCUT2D eigenvalue weighted by atomic mass is 10.2. The first-order valence-electron chi connectivity index (χ1n) is 8.30. The average Bonchev–Trinajstić information content (AvgIpc) is 3.11. The van der Waals surface area contributed by atoms with E-state index in [2.05, 4.69) is 55.1 Å². The van der Waals surface area contributed by atoms with E-state index in [1.165, 1.54) is 5.56 Å². The topological polar surface area (TPSA) is 56.5 Å². The molecular weight excluding hydrogens is 342 g/mol. The predicted molar refractivity (Wildman–Crippen MR) is 103 cm³/mol. The van der Waals surface area contributed by atoms with Gasteiger partial charge in [-0.15, -0.1) is 10.2 Å². The molecule has 128 valence electrons. The van der Waals surface area contributed by atoms with E-state index in [0.29, 0.717) is 6.54 Å². The number of thioether (sulfide) groups is 1. The molecule has 0 N–H and O–H groups in total. The first-order valence-corrected chi connectivity index (χ1v) is 9.29. The highest BCUT2D eigenvalue weighted by molar-refractivity contribution is 7.98. The van der Waals surface area contributed by atoms with E-state index in [1.54, 1.807) is 24.2 Å². The Kier molecular flexibility index (Phi) is 5.02. The van der Waals surface area contributed by atoms with Gasteiger partial charge in [0.25, 0.3) is 0 Å². The summed E-state index contributed by atoms with van der Waals surface area (Å²) >= 11 is 1.68. The fourth-order valence-electron chi connectivity index (χ4n) is 2.62. The standard InChI is InChI=1S/C20H17N5S/c1-2-7-16(8-3-1)15-26-20-24-23-19(18-10-4-5-12-22-18)25(20)14-17-9-6-11-21-13-17/h1-13H,14-15H2. The van der Waals surface area contributed by atoms with Gasteiger partial charge in [-0.3, -0.25) is 14.5 Å². The molecule has 26 heavy (non-hydrogen) atoms. The Morgan fingerprint density at radius 2 is 1.65 bits per heavy atom. The monoisotopic (exact) mass is 359 g/mol. The summed E-state index contributed by atoms with van der Waals surface area (Å²) in [6.07, 6.45) is 5.42. The number of nitrogens with zero attached hydrogens (tertiary/aromatic N) is 5. The summed E-state index contributed by atoms with van der Waals surface area (Å²) in [4.78, 5) is 8.65. The van der Waals surface area contributed by atoms with Crippen molar-refractivity contribution in [2.45, 2.75) is 17.5 Å². The summed E-state index contributed by atoms with van der Waals surface area (Å²) in [6.45, 7) is 0.657. The second-order valence-electron chi connectivity index (χ2n) is 5.74. The molecule has 3 heterocycles. The van der Waals surface area contributed by atoms with Gasteiger partial charge in [0.15, 0.2) is 11.0 Å². The molecular formula is C20H17N5S. The molecule has 1 aromatic carbocycles. The van der Waals surface area contributed by atoms with Crippen molar-refractivity contribution in [1.29, 1.82) is 0 Å². The Hall–Kier alpha value is -2.99. The minimum Gasteiger partial charge on any atom is -0.296 e. The molecule has 0 radical (unpaired) electrons. The van der Waals surface area contributed by atoms with Crippen molar-refractivity contribution >= 4 is 11.8 Å². The van der Waals surface area contributed by atoms with E-state index in [-0.39, 0.29) is 0 Å². The molecule has 0 bridgehead atoms. The van der Waals surface area contributed by atoms with Crippen LogP contribution in [0.15, 0.2) is 84.4 Å². The third kappa shape index (κ3) is 3.81. The Bertz CT molecular complexity index is 955. The number of benzene rings is 1. The number of hydrogen-bond donors (Lipinski definition) is 0. The Morgan fingerprint density at radius 1 is 0.808 bits per heavy atom. The van der Waals surface area contributed by atoms with Crippen LogP contribution in [0.2, 0.25) is 0 Å². The SMILES string of the molecule is c1ccc(CSc2nnc(-c3ccccn3)n2Cc2cccnc2)cc1. The van der Waals surface area contributed by atoms with Crippen molar-refractivity contribution in [3.05, 3.63) is 90.4 Å². The van der Waals surface area contributed by atoms with Gasteiger partial charge in [-0.2, -0.15) is 0 Å². The molecule has 0 spiro atoms. The van der Waals surface area contributed by atoms with Gasteiger partial charge in [-0.1, -0.05) is 54.2 Å². The van der Waals surface area contributed by atoms with E-state index < -0.39 is 0 Å². The lowest BCUT2D eigenvalue weighted by molar-refractivity contribution is 0.711. The average molecular weight is 359 g/mol. The summed E-state index contributed by atoms with van der Waals surface area (Å²) in [7, 11) is 0. The van der Waals surface area contributed by atoms with Crippen LogP contribution in [0, 0.1) is 0 Å². The van der Waals surface area contributed by atoms with Crippen LogP contribution in [0.3, 0.4) is 0 Å². The summed E-state index contributed by atoms with van der Waals surface area (Å²) in [5, 5.41) is 9.70. The minimum absolute atomic E-state index is 0.657. The Balaban J connectivity index is 1.66. The van der Waals surface area contributed by atoms with E-state index in [1.807, 2.05) is 36.5 Å². The second-order valence-corrected chi connectivity index (χ2v) is 6.69. The molecule has 0 aliphatic rings. The molecule has 0 amide bonds. The third-order valence-electron chi connectivity index (χ3n) is 3.89. The third-order valence-corrected chi connectivity index (χ3v) is 4.92. The van der Waals surface area contributed by atoms with Crippen LogP contribution < -0.4 is 0 Å². The van der Waals surface area contributed by atoms with E-state index in [4.69, 9.17) is 0 Å². The van der Waals surface area contributed by atoms with Gasteiger partial charge in [0.05, 0.1) is 6.54 Å². The van der Waals surface area contributed by atoms with Crippen molar-refractivity contribution in [3.63, 3.8) is 0 Å². The fourth-order valence-corrected chi connectivity index (χ4v) is 3.51. The number of aromatic nitrogens is 5. The van der Waals surface area contributed by atoms with Crippen LogP contribution in [0.1, 0.15) is 11.1 Å². The Morgan fingerprint density at radius 3 is 2.42 bits per heavy atom. The van der Waals surface area contributed by atoms with Crippen LogP contribution in [-0.2, 0) is 12.3 Å². The quantitative estimate of drug-likeness (QED) is 0.486. The fraction of sp³-hybridized carbons (Fsp3) is 0.100. The molecule has 3 aromatic heterocycles. The van der Waals surface area contributed by atoms with Crippen molar-refractivity contribution in [1.82, 2.24) is 24.7 Å². The molecule has 0 unspecified atom stereocenters. The van der Waals surface area contributed by atoms with Crippen molar-refractivity contribution in [2.24, 2.45) is 0 Å². The van der Waals surface area contributed by atoms with Gasteiger partial charge in [0, 0.05) is 24.3 Å². The highest BCUT2D eigenvalue weighted by atomic mass is 32.2. The smallest absolute Gasteiger partial charge is 0.192 e. The highest BCUT2D eigenvalue weighted by Gasteiger charge is 2.15. The first-order chi connectivity index (χ1) is 12.9. The van der Waals surface area contributed by atoms with Crippen LogP contribution >= 0.6 is 11.8 Å². The van der Waals surface area contributed by atoms with Gasteiger partial charge in [-0.05, 0) is 29.3 Å². The van der Waals surface area contributed by atoms with Crippen LogP contribution in [0.25, 0.3) is 11.5 Å². The van der Waals surface area contributed by atoms with Crippen molar-refractivity contribution in [2.75, 3.05) is 0 Å². The molecule has 4 rings (SSSR count). The number of hydrogen-bond acceptors (Lipinski definition) is 5. The zero-order chi connectivity index (χ0) is 17.6. The van der Waals surface area contributed by atoms with E-state index >= 15 is 0 Å². The Labute approximate surface area is 156 Å². The summed E-state index contributed by atoms with van der Waals surface area (Å²) in [5.74, 6) is 1.61. The largest absolute Gasteiger partial charge is 0.296 e. The van der Waals surface area contributed by atoms with Crippen LogP contribution in [0.5, 0.6) is 0 Å². The normalized spacial score (nSPS) is 10.8. The first kappa shape index (κ1) is 16.5.